The van der Waals surface area contributed by atoms with Gasteiger partial charge in [0.1, 0.15) is 5.78 Å². The number of hydrogen-bond acceptors (Lipinski definition) is 5. The lowest BCUT2D eigenvalue weighted by Gasteiger charge is -2.20. The normalized spacial score (nSPS) is 14.3. The number of aliphatic carboxylic acids is 1. The highest BCUT2D eigenvalue weighted by molar-refractivity contribution is 6.13. The van der Waals surface area contributed by atoms with Gasteiger partial charge in [-0.25, -0.2) is 4.79 Å². The van der Waals surface area contributed by atoms with Crippen molar-refractivity contribution in [1.82, 2.24) is 10.2 Å². The van der Waals surface area contributed by atoms with Gasteiger partial charge in [0.15, 0.2) is 0 Å². The molecule has 0 unspecified atom stereocenters. The molecule has 0 atom stereocenters. The molecule has 0 fully saturated rings. The highest BCUT2D eigenvalue weighted by atomic mass is 16.4. The summed E-state index contributed by atoms with van der Waals surface area (Å²) in [5, 5.41) is 11.6. The van der Waals surface area contributed by atoms with E-state index in [4.69, 9.17) is 5.11 Å². The zero-order valence-corrected chi connectivity index (χ0v) is 31.0. The van der Waals surface area contributed by atoms with Crippen molar-refractivity contribution in [3.8, 4) is 22.3 Å². The van der Waals surface area contributed by atoms with E-state index in [1.54, 1.807) is 25.2 Å². The van der Waals surface area contributed by atoms with Crippen LogP contribution in [0.5, 0.6) is 0 Å². The lowest BCUT2D eigenvalue weighted by molar-refractivity contribution is -0.139. The number of fused-ring (bicyclic) bond motifs is 6. The highest BCUT2D eigenvalue weighted by Gasteiger charge is 2.26. The molecule has 2 aliphatic heterocycles. The summed E-state index contributed by atoms with van der Waals surface area (Å²) in [6.07, 6.45) is 11.3. The van der Waals surface area contributed by atoms with Crippen molar-refractivity contribution in [3.63, 3.8) is 0 Å². The number of carboxylic acid groups (broad SMARTS) is 1. The van der Waals surface area contributed by atoms with Crippen LogP contribution in [0.1, 0.15) is 62.8 Å². The summed E-state index contributed by atoms with van der Waals surface area (Å²) in [6, 6.07) is 31.9. The van der Waals surface area contributed by atoms with Gasteiger partial charge in [-0.1, -0.05) is 130 Å². The van der Waals surface area contributed by atoms with Gasteiger partial charge < -0.3 is 10.4 Å². The number of amides is 3. The fraction of sp³-hybridized carbons (Fsp3) is 0.196. The van der Waals surface area contributed by atoms with Crippen LogP contribution in [0, 0.1) is 5.41 Å². The molecule has 2 aliphatic carbocycles. The number of carbonyl (C=O) groups excluding carboxylic acids is 4. The van der Waals surface area contributed by atoms with Gasteiger partial charge in [0, 0.05) is 30.7 Å². The Labute approximate surface area is 316 Å². The van der Waals surface area contributed by atoms with Crippen molar-refractivity contribution >= 4 is 40.6 Å². The second-order valence-electron chi connectivity index (χ2n) is 13.9. The third-order valence-electron chi connectivity index (χ3n) is 9.23. The lowest BCUT2D eigenvalue weighted by atomic mass is 9.92. The molecule has 0 spiro atoms. The van der Waals surface area contributed by atoms with E-state index in [0.29, 0.717) is 13.0 Å². The Morgan fingerprint density at radius 3 is 1.33 bits per heavy atom. The van der Waals surface area contributed by atoms with Crippen molar-refractivity contribution in [3.05, 3.63) is 156 Å². The van der Waals surface area contributed by atoms with Crippen molar-refractivity contribution in [1.29, 1.82) is 0 Å². The molecule has 0 aromatic heterocycles. The van der Waals surface area contributed by atoms with Crippen molar-refractivity contribution in [2.24, 2.45) is 5.41 Å². The van der Waals surface area contributed by atoms with Gasteiger partial charge in [-0.05, 0) is 87.6 Å². The fourth-order valence-electron chi connectivity index (χ4n) is 6.07. The molecule has 3 amide bonds. The molecule has 8 heteroatoms. The number of ketones is 1. The Bertz CT molecular complexity index is 2120. The Morgan fingerprint density at radius 2 is 1.02 bits per heavy atom. The Kier molecular flexibility index (Phi) is 12.5. The predicted molar refractivity (Wildman–Crippen MR) is 213 cm³/mol. The number of benzene rings is 4. The van der Waals surface area contributed by atoms with Crippen LogP contribution in [-0.4, -0.2) is 52.6 Å². The second-order valence-corrected chi connectivity index (χ2v) is 13.9. The van der Waals surface area contributed by atoms with E-state index < -0.39 is 5.97 Å². The minimum atomic E-state index is -0.911. The molecule has 274 valence electrons. The van der Waals surface area contributed by atoms with Crippen LogP contribution in [-0.2, 0) is 24.0 Å². The average Bonchev–Trinajstić information content (AvgIpc) is 3.65. The molecule has 2 heterocycles. The summed E-state index contributed by atoms with van der Waals surface area (Å²) in [7, 11) is 0. The standard InChI is InChI=1S/C20H15NO2.C15H10O2.C6H12O.C5H7NO/c22-19-11-5-6-12-21(19)20(23)13-18-16-9-3-1-7-14(16)15-8-2-4-10-17(15)18;16-15(17)9-14-12-7-3-1-5-10(12)11-6-2-4-8-13(11)14;1-5(7)6(2,3)4;7-5-3-1-2-4-6-5/h1-5,7-11,13H,6,12H2;1-9H,(H,16,17);1-4H3;1,3H,2,4H2,(H,6,7). The van der Waals surface area contributed by atoms with Gasteiger partial charge in [-0.15, -0.1) is 0 Å². The number of carbonyl (C=O) groups is 5. The number of Topliss-reactive ketones (excluding diaryl/α,β-unsaturated/α-hetero) is 1. The van der Waals surface area contributed by atoms with Gasteiger partial charge in [0.25, 0.3) is 11.8 Å². The van der Waals surface area contributed by atoms with Crippen molar-refractivity contribution in [2.45, 2.75) is 40.5 Å². The summed E-state index contributed by atoms with van der Waals surface area (Å²) < 4.78 is 0. The van der Waals surface area contributed by atoms with Gasteiger partial charge in [-0.2, -0.15) is 0 Å². The summed E-state index contributed by atoms with van der Waals surface area (Å²) in [6.45, 7) is 8.59. The molecule has 0 saturated heterocycles. The van der Waals surface area contributed by atoms with Gasteiger partial charge in [-0.3, -0.25) is 24.1 Å². The largest absolute Gasteiger partial charge is 0.478 e. The maximum absolute atomic E-state index is 12.6. The molecule has 0 saturated carbocycles. The SMILES string of the molecule is CC(=O)C(C)(C)C.O=C(O)C=C1c2ccccc2-c2ccccc21.O=C1C=CCCN1.O=C1C=CCCN1C(=O)C=C1c2ccccc2-c2ccccc21. The Morgan fingerprint density at radius 1 is 0.630 bits per heavy atom. The lowest BCUT2D eigenvalue weighted by Crippen LogP contribution is -2.37. The predicted octanol–water partition coefficient (Wildman–Crippen LogP) is 8.28. The second kappa shape index (κ2) is 17.4. The first-order valence-corrected chi connectivity index (χ1v) is 17.9. The first-order chi connectivity index (χ1) is 25.9. The molecule has 8 rings (SSSR count). The minimum absolute atomic E-state index is 0.0336. The van der Waals surface area contributed by atoms with Gasteiger partial charge in [0.05, 0.1) is 0 Å². The first-order valence-electron chi connectivity index (χ1n) is 17.9. The maximum Gasteiger partial charge on any atom is 0.328 e. The van der Waals surface area contributed by atoms with E-state index in [1.807, 2.05) is 112 Å². The molecule has 2 N–H and O–H groups in total. The van der Waals surface area contributed by atoms with E-state index in [2.05, 4.69) is 17.4 Å². The molecular formula is C46H44N2O6. The third kappa shape index (κ3) is 9.33. The van der Waals surface area contributed by atoms with Crippen molar-refractivity contribution in [2.75, 3.05) is 13.1 Å². The maximum atomic E-state index is 12.6. The Hall–Kier alpha value is -6.41. The zero-order chi connectivity index (χ0) is 38.8. The van der Waals surface area contributed by atoms with Crippen LogP contribution in [0.25, 0.3) is 33.4 Å². The minimum Gasteiger partial charge on any atom is -0.478 e. The number of rotatable bonds is 2. The monoisotopic (exact) mass is 720 g/mol. The van der Waals surface area contributed by atoms with Gasteiger partial charge in [0.2, 0.25) is 5.91 Å². The third-order valence-corrected chi connectivity index (χ3v) is 9.23. The number of hydrogen-bond donors (Lipinski definition) is 2. The number of nitrogens with one attached hydrogen (secondary N) is 1. The summed E-state index contributed by atoms with van der Waals surface area (Å²) in [5.41, 5.74) is 10.1. The molecule has 4 aliphatic rings. The molecular weight excluding hydrogens is 677 g/mol. The van der Waals surface area contributed by atoms with Crippen molar-refractivity contribution < 1.29 is 29.1 Å². The van der Waals surface area contributed by atoms with E-state index in [9.17, 15) is 24.0 Å². The van der Waals surface area contributed by atoms with Crippen LogP contribution >= 0.6 is 0 Å². The molecule has 54 heavy (non-hydrogen) atoms. The summed E-state index contributed by atoms with van der Waals surface area (Å²) in [4.78, 5) is 57.4. The van der Waals surface area contributed by atoms with E-state index in [0.717, 1.165) is 68.6 Å². The quantitative estimate of drug-likeness (QED) is 0.174. The molecule has 0 bridgehead atoms. The topological polar surface area (TPSA) is 121 Å². The molecule has 8 nitrogen and oxygen atoms in total. The number of carboxylic acids is 1. The number of nitrogens with zero attached hydrogens (tertiary/aromatic N) is 1. The smallest absolute Gasteiger partial charge is 0.328 e. The van der Waals surface area contributed by atoms with Crippen LogP contribution in [0.4, 0.5) is 0 Å². The summed E-state index contributed by atoms with van der Waals surface area (Å²) in [5.74, 6) is -1.12. The fourth-order valence-corrected chi connectivity index (χ4v) is 6.07. The zero-order valence-electron chi connectivity index (χ0n) is 31.0. The Balaban J connectivity index is 0.000000157. The average molecular weight is 721 g/mol. The van der Waals surface area contributed by atoms with Crippen LogP contribution < -0.4 is 5.32 Å². The first kappa shape index (κ1) is 38.8. The molecule has 4 aromatic rings. The highest BCUT2D eigenvalue weighted by Crippen LogP contribution is 2.44. The van der Waals surface area contributed by atoms with E-state index in [-0.39, 0.29) is 28.9 Å². The van der Waals surface area contributed by atoms with Crippen LogP contribution in [0.3, 0.4) is 0 Å². The van der Waals surface area contributed by atoms with Crippen LogP contribution in [0.15, 0.2) is 134 Å². The van der Waals surface area contributed by atoms with Gasteiger partial charge >= 0.3 is 5.97 Å². The molecule has 4 aromatic carbocycles. The number of imide groups is 1. The summed E-state index contributed by atoms with van der Waals surface area (Å²) >= 11 is 0. The van der Waals surface area contributed by atoms with Crippen LogP contribution in [0.2, 0.25) is 0 Å². The van der Waals surface area contributed by atoms with E-state index in [1.165, 1.54) is 17.1 Å². The molecule has 0 radical (unpaired) electrons. The van der Waals surface area contributed by atoms with E-state index >= 15 is 0 Å².